The Kier molecular flexibility index (Phi) is 4.87. The Bertz CT molecular complexity index is 1030. The first-order chi connectivity index (χ1) is 13.1. The number of fused-ring (bicyclic) bond motifs is 3. The summed E-state index contributed by atoms with van der Waals surface area (Å²) < 4.78 is 3.69. The highest BCUT2D eigenvalue weighted by Gasteiger charge is 2.22. The maximum Gasteiger partial charge on any atom is 0.260 e. The Labute approximate surface area is 160 Å². The highest BCUT2D eigenvalue weighted by atomic mass is 16.1. The van der Waals surface area contributed by atoms with Gasteiger partial charge >= 0.3 is 0 Å². The number of aryl methyl sites for hydroxylation is 2. The molecular formula is C22H28N4O. The number of nitrogens with zero attached hydrogens (tertiary/aromatic N) is 3. The minimum atomic E-state index is 0.119. The SMILES string of the molecule is CC(C)CNCc1cccc(-n2c(=O)c3c(c4cnn(C)c42)CCCC3)c1. The van der Waals surface area contributed by atoms with Gasteiger partial charge in [-0.2, -0.15) is 5.10 Å². The van der Waals surface area contributed by atoms with Crippen LogP contribution in [0.1, 0.15) is 43.4 Å². The van der Waals surface area contributed by atoms with Crippen molar-refractivity contribution in [2.45, 2.75) is 46.1 Å². The molecule has 0 unspecified atom stereocenters. The van der Waals surface area contributed by atoms with E-state index in [1.54, 1.807) is 0 Å². The van der Waals surface area contributed by atoms with Crippen LogP contribution in [0.15, 0.2) is 35.3 Å². The number of benzene rings is 1. The van der Waals surface area contributed by atoms with Gasteiger partial charge in [-0.1, -0.05) is 26.0 Å². The predicted molar refractivity (Wildman–Crippen MR) is 109 cm³/mol. The van der Waals surface area contributed by atoms with Gasteiger partial charge in [0, 0.05) is 24.5 Å². The molecule has 0 atom stereocenters. The molecule has 5 heteroatoms. The Hall–Kier alpha value is -2.40. The van der Waals surface area contributed by atoms with E-state index in [0.717, 1.165) is 61.1 Å². The van der Waals surface area contributed by atoms with Crippen LogP contribution < -0.4 is 10.9 Å². The first-order valence-electron chi connectivity index (χ1n) is 9.94. The minimum Gasteiger partial charge on any atom is -0.312 e. The van der Waals surface area contributed by atoms with Crippen molar-refractivity contribution < 1.29 is 0 Å². The van der Waals surface area contributed by atoms with E-state index in [1.807, 2.05) is 34.6 Å². The first kappa shape index (κ1) is 18.0. The third-order valence-corrected chi connectivity index (χ3v) is 5.42. The summed E-state index contributed by atoms with van der Waals surface area (Å²) in [6.45, 7) is 6.19. The molecule has 0 aliphatic heterocycles. The second kappa shape index (κ2) is 7.31. The molecule has 0 bridgehead atoms. The van der Waals surface area contributed by atoms with Crippen molar-refractivity contribution in [1.29, 1.82) is 0 Å². The van der Waals surface area contributed by atoms with Gasteiger partial charge in [-0.25, -0.2) is 0 Å². The van der Waals surface area contributed by atoms with Gasteiger partial charge < -0.3 is 5.32 Å². The van der Waals surface area contributed by atoms with Crippen LogP contribution in [0.5, 0.6) is 0 Å². The summed E-state index contributed by atoms with van der Waals surface area (Å²) >= 11 is 0. The van der Waals surface area contributed by atoms with Crippen LogP contribution in [0.25, 0.3) is 16.7 Å². The van der Waals surface area contributed by atoms with Crippen molar-refractivity contribution in [3.05, 3.63) is 57.5 Å². The lowest BCUT2D eigenvalue weighted by atomic mass is 9.91. The monoisotopic (exact) mass is 364 g/mol. The fourth-order valence-electron chi connectivity index (χ4n) is 4.13. The van der Waals surface area contributed by atoms with Crippen LogP contribution in [-0.2, 0) is 26.4 Å². The van der Waals surface area contributed by atoms with Gasteiger partial charge in [0.25, 0.3) is 5.56 Å². The fraction of sp³-hybridized carbons (Fsp3) is 0.455. The Balaban J connectivity index is 1.83. The van der Waals surface area contributed by atoms with E-state index in [9.17, 15) is 4.79 Å². The molecular weight excluding hydrogens is 336 g/mol. The van der Waals surface area contributed by atoms with E-state index in [0.29, 0.717) is 5.92 Å². The molecule has 27 heavy (non-hydrogen) atoms. The van der Waals surface area contributed by atoms with Crippen molar-refractivity contribution in [1.82, 2.24) is 19.7 Å². The van der Waals surface area contributed by atoms with E-state index >= 15 is 0 Å². The van der Waals surface area contributed by atoms with Gasteiger partial charge in [-0.3, -0.25) is 14.0 Å². The molecule has 0 fully saturated rings. The summed E-state index contributed by atoms with van der Waals surface area (Å²) in [6, 6.07) is 8.29. The third kappa shape index (κ3) is 3.32. The first-order valence-corrected chi connectivity index (χ1v) is 9.94. The number of hydrogen-bond acceptors (Lipinski definition) is 3. The van der Waals surface area contributed by atoms with Crippen LogP contribution in [0, 0.1) is 5.92 Å². The second-order valence-electron chi connectivity index (χ2n) is 8.00. The van der Waals surface area contributed by atoms with E-state index in [4.69, 9.17) is 0 Å². The third-order valence-electron chi connectivity index (χ3n) is 5.42. The Morgan fingerprint density at radius 3 is 2.74 bits per heavy atom. The summed E-state index contributed by atoms with van der Waals surface area (Å²) in [4.78, 5) is 13.4. The molecule has 0 spiro atoms. The number of aromatic nitrogens is 3. The summed E-state index contributed by atoms with van der Waals surface area (Å²) in [6.07, 6.45) is 6.01. The van der Waals surface area contributed by atoms with E-state index in [1.165, 1.54) is 11.1 Å². The summed E-state index contributed by atoms with van der Waals surface area (Å²) in [5.74, 6) is 0.616. The van der Waals surface area contributed by atoms with Gasteiger partial charge in [0.1, 0.15) is 5.65 Å². The highest BCUT2D eigenvalue weighted by molar-refractivity contribution is 5.82. The van der Waals surface area contributed by atoms with Crippen molar-refractivity contribution in [3.8, 4) is 5.69 Å². The van der Waals surface area contributed by atoms with E-state index < -0.39 is 0 Å². The van der Waals surface area contributed by atoms with Crippen molar-refractivity contribution >= 4 is 11.0 Å². The molecule has 1 aliphatic rings. The molecule has 3 aromatic rings. The van der Waals surface area contributed by atoms with Gasteiger partial charge in [-0.05, 0) is 61.4 Å². The number of nitrogens with one attached hydrogen (secondary N) is 1. The molecule has 0 radical (unpaired) electrons. The minimum absolute atomic E-state index is 0.119. The summed E-state index contributed by atoms with van der Waals surface area (Å²) in [5, 5.41) is 9.07. The average Bonchev–Trinajstić information content (AvgIpc) is 3.04. The summed E-state index contributed by atoms with van der Waals surface area (Å²) in [7, 11) is 1.92. The smallest absolute Gasteiger partial charge is 0.260 e. The quantitative estimate of drug-likeness (QED) is 0.755. The zero-order chi connectivity index (χ0) is 19.0. The van der Waals surface area contributed by atoms with E-state index in [2.05, 4.69) is 36.4 Å². The number of rotatable bonds is 5. The molecule has 4 rings (SSSR count). The molecule has 1 N–H and O–H groups in total. The lowest BCUT2D eigenvalue weighted by Gasteiger charge is -2.20. The van der Waals surface area contributed by atoms with Gasteiger partial charge in [0.2, 0.25) is 0 Å². The fourth-order valence-corrected chi connectivity index (χ4v) is 4.13. The molecule has 0 saturated carbocycles. The topological polar surface area (TPSA) is 51.9 Å². The van der Waals surface area contributed by atoms with Crippen molar-refractivity contribution in [2.75, 3.05) is 6.54 Å². The maximum absolute atomic E-state index is 13.4. The molecule has 1 aromatic carbocycles. The van der Waals surface area contributed by atoms with Crippen LogP contribution in [0.4, 0.5) is 0 Å². The van der Waals surface area contributed by atoms with Crippen LogP contribution >= 0.6 is 0 Å². The zero-order valence-corrected chi connectivity index (χ0v) is 16.5. The maximum atomic E-state index is 13.4. The molecule has 0 saturated heterocycles. The number of hydrogen-bond donors (Lipinski definition) is 1. The molecule has 2 heterocycles. The molecule has 1 aliphatic carbocycles. The average molecular weight is 364 g/mol. The highest BCUT2D eigenvalue weighted by Crippen LogP contribution is 2.28. The predicted octanol–water partition coefficient (Wildman–Crippen LogP) is 3.35. The zero-order valence-electron chi connectivity index (χ0n) is 16.5. The van der Waals surface area contributed by atoms with Crippen LogP contribution in [0.3, 0.4) is 0 Å². The van der Waals surface area contributed by atoms with Gasteiger partial charge in [0.15, 0.2) is 0 Å². The Morgan fingerprint density at radius 2 is 1.96 bits per heavy atom. The lowest BCUT2D eigenvalue weighted by Crippen LogP contribution is -2.27. The molecule has 2 aromatic heterocycles. The summed E-state index contributed by atoms with van der Waals surface area (Å²) in [5.41, 5.74) is 5.31. The van der Waals surface area contributed by atoms with Gasteiger partial charge in [0.05, 0.1) is 11.9 Å². The van der Waals surface area contributed by atoms with E-state index in [-0.39, 0.29) is 5.56 Å². The largest absolute Gasteiger partial charge is 0.312 e. The van der Waals surface area contributed by atoms with Crippen molar-refractivity contribution in [2.24, 2.45) is 13.0 Å². The molecule has 0 amide bonds. The van der Waals surface area contributed by atoms with Gasteiger partial charge in [-0.15, -0.1) is 0 Å². The molecule has 5 nitrogen and oxygen atoms in total. The van der Waals surface area contributed by atoms with Crippen molar-refractivity contribution in [3.63, 3.8) is 0 Å². The lowest BCUT2D eigenvalue weighted by molar-refractivity contribution is 0.552. The Morgan fingerprint density at radius 1 is 1.19 bits per heavy atom. The molecule has 142 valence electrons. The van der Waals surface area contributed by atoms with Crippen LogP contribution in [-0.4, -0.2) is 20.9 Å². The normalized spacial score (nSPS) is 14.1. The number of pyridine rings is 1. The van der Waals surface area contributed by atoms with Crippen LogP contribution in [0.2, 0.25) is 0 Å². The standard InChI is InChI=1S/C22H28N4O/c1-15(2)12-23-13-16-7-6-8-17(11-16)26-21-20(14-24-25(21)3)18-9-4-5-10-19(18)22(26)27/h6-8,11,14-15,23H,4-5,9-10,12-13H2,1-3H3. The second-order valence-corrected chi connectivity index (χ2v) is 8.00.